The number of aryl methyl sites for hydroxylation is 2. The minimum atomic E-state index is -0.124. The van der Waals surface area contributed by atoms with Crippen LogP contribution in [-0.2, 0) is 11.2 Å². The van der Waals surface area contributed by atoms with Gasteiger partial charge in [0, 0.05) is 25.6 Å². The molecule has 0 unspecified atom stereocenters. The van der Waals surface area contributed by atoms with Crippen LogP contribution in [0.5, 0.6) is 0 Å². The second-order valence-corrected chi connectivity index (χ2v) is 7.84. The van der Waals surface area contributed by atoms with Gasteiger partial charge in [-0.2, -0.15) is 5.10 Å². The lowest BCUT2D eigenvalue weighted by Crippen LogP contribution is -2.39. The van der Waals surface area contributed by atoms with Gasteiger partial charge in [-0.25, -0.2) is 9.67 Å². The highest BCUT2D eigenvalue weighted by Crippen LogP contribution is 2.26. The van der Waals surface area contributed by atoms with Crippen molar-refractivity contribution in [2.24, 2.45) is 0 Å². The van der Waals surface area contributed by atoms with E-state index in [0.717, 1.165) is 25.7 Å². The third-order valence-electron chi connectivity index (χ3n) is 5.69. The van der Waals surface area contributed by atoms with E-state index in [1.807, 2.05) is 28.9 Å². The monoisotopic (exact) mass is 421 g/mol. The molecule has 8 nitrogen and oxygen atoms in total. The quantitative estimate of drug-likeness (QED) is 0.629. The zero-order valence-corrected chi connectivity index (χ0v) is 17.7. The molecule has 162 valence electrons. The fraction of sp³-hybridized carbons (Fsp3) is 0.391. The van der Waals surface area contributed by atoms with Crippen LogP contribution in [0.2, 0.25) is 0 Å². The van der Waals surface area contributed by atoms with Gasteiger partial charge in [-0.3, -0.25) is 9.59 Å². The molecule has 0 atom stereocenters. The van der Waals surface area contributed by atoms with E-state index in [0.29, 0.717) is 36.8 Å². The molecule has 1 aliphatic rings. The third-order valence-corrected chi connectivity index (χ3v) is 5.69. The Kier molecular flexibility index (Phi) is 6.45. The van der Waals surface area contributed by atoms with Crippen molar-refractivity contribution in [3.63, 3.8) is 0 Å². The Balaban J connectivity index is 1.28. The van der Waals surface area contributed by atoms with Crippen LogP contribution in [-0.4, -0.2) is 44.6 Å². The average Bonchev–Trinajstić information content (AvgIpc) is 3.43. The highest BCUT2D eigenvalue weighted by atomic mass is 16.3. The summed E-state index contributed by atoms with van der Waals surface area (Å²) in [4.78, 5) is 30.8. The molecule has 0 radical (unpaired) electrons. The van der Waals surface area contributed by atoms with Crippen LogP contribution in [0.3, 0.4) is 0 Å². The second-order valence-electron chi connectivity index (χ2n) is 7.84. The van der Waals surface area contributed by atoms with E-state index >= 15 is 0 Å². The molecule has 2 amide bonds. The number of rotatable bonds is 7. The number of amides is 2. The van der Waals surface area contributed by atoms with Gasteiger partial charge in [0.2, 0.25) is 11.7 Å². The first-order valence-electron chi connectivity index (χ1n) is 10.7. The smallest absolute Gasteiger partial charge is 0.291 e. The Hall–Kier alpha value is -3.42. The first-order chi connectivity index (χ1) is 15.1. The summed E-state index contributed by atoms with van der Waals surface area (Å²) in [6, 6.07) is 12.1. The maximum Gasteiger partial charge on any atom is 0.291 e. The summed E-state index contributed by atoms with van der Waals surface area (Å²) in [5.41, 5.74) is 1.85. The largest absolute Gasteiger partial charge is 0.438 e. The Morgan fingerprint density at radius 1 is 1.16 bits per heavy atom. The molecule has 31 heavy (non-hydrogen) atoms. The van der Waals surface area contributed by atoms with Gasteiger partial charge in [0.15, 0.2) is 6.39 Å². The number of nitrogens with zero attached hydrogens (tertiary/aromatic N) is 4. The molecule has 3 heterocycles. The zero-order valence-electron chi connectivity index (χ0n) is 17.7. The Morgan fingerprint density at radius 2 is 1.94 bits per heavy atom. The molecule has 0 bridgehead atoms. The highest BCUT2D eigenvalue weighted by molar-refractivity contribution is 5.92. The van der Waals surface area contributed by atoms with Gasteiger partial charge < -0.3 is 14.6 Å². The summed E-state index contributed by atoms with van der Waals surface area (Å²) in [7, 11) is 0. The summed E-state index contributed by atoms with van der Waals surface area (Å²) in [6.45, 7) is 2.98. The summed E-state index contributed by atoms with van der Waals surface area (Å²) in [5, 5.41) is 7.42. The molecule has 0 aliphatic carbocycles. The van der Waals surface area contributed by atoms with E-state index in [2.05, 4.69) is 27.5 Å². The number of likely N-dealkylation sites (tertiary alicyclic amines) is 1. The SMILES string of the molecule is Cc1ncoc1C(=O)N1CCC(n2nccc2NC(=O)CCCc2ccccc2)CC1. The first kappa shape index (κ1) is 20.8. The molecule has 8 heteroatoms. The summed E-state index contributed by atoms with van der Waals surface area (Å²) in [6.07, 6.45) is 6.66. The lowest BCUT2D eigenvalue weighted by molar-refractivity contribution is -0.116. The predicted molar refractivity (Wildman–Crippen MR) is 116 cm³/mol. The molecule has 1 aliphatic heterocycles. The molecule has 1 aromatic carbocycles. The Bertz CT molecular complexity index is 1020. The molecule has 3 aromatic rings. The fourth-order valence-electron chi connectivity index (χ4n) is 3.97. The average molecular weight is 422 g/mol. The van der Waals surface area contributed by atoms with Crippen molar-refractivity contribution < 1.29 is 14.0 Å². The highest BCUT2D eigenvalue weighted by Gasteiger charge is 2.28. The molecule has 0 saturated carbocycles. The van der Waals surface area contributed by atoms with Crippen LogP contribution >= 0.6 is 0 Å². The van der Waals surface area contributed by atoms with Crippen molar-refractivity contribution in [1.82, 2.24) is 19.7 Å². The second kappa shape index (κ2) is 9.59. The van der Waals surface area contributed by atoms with Crippen molar-refractivity contribution in [3.8, 4) is 0 Å². The van der Waals surface area contributed by atoms with E-state index in [9.17, 15) is 9.59 Å². The number of hydrogen-bond acceptors (Lipinski definition) is 5. The van der Waals surface area contributed by atoms with Gasteiger partial charge in [0.1, 0.15) is 5.82 Å². The minimum absolute atomic E-state index is 0.00825. The number of hydrogen-bond donors (Lipinski definition) is 1. The molecular weight excluding hydrogens is 394 g/mol. The molecule has 1 fully saturated rings. The van der Waals surface area contributed by atoms with E-state index in [1.165, 1.54) is 12.0 Å². The van der Waals surface area contributed by atoms with Crippen LogP contribution in [0.1, 0.15) is 53.5 Å². The number of oxazole rings is 1. The Morgan fingerprint density at radius 3 is 2.65 bits per heavy atom. The van der Waals surface area contributed by atoms with Crippen molar-refractivity contribution >= 4 is 17.6 Å². The molecule has 4 rings (SSSR count). The number of aromatic nitrogens is 3. The van der Waals surface area contributed by atoms with Gasteiger partial charge >= 0.3 is 0 Å². The van der Waals surface area contributed by atoms with Crippen LogP contribution < -0.4 is 5.32 Å². The maximum absolute atomic E-state index is 12.6. The van der Waals surface area contributed by atoms with Gasteiger partial charge in [-0.05, 0) is 38.2 Å². The van der Waals surface area contributed by atoms with Gasteiger partial charge in [0.05, 0.1) is 17.9 Å². The molecule has 1 saturated heterocycles. The number of anilines is 1. The Labute approximate surface area is 181 Å². The van der Waals surface area contributed by atoms with E-state index in [4.69, 9.17) is 4.42 Å². The predicted octanol–water partition coefficient (Wildman–Crippen LogP) is 3.62. The number of carbonyl (C=O) groups is 2. The fourth-order valence-corrected chi connectivity index (χ4v) is 3.97. The zero-order chi connectivity index (χ0) is 21.6. The van der Waals surface area contributed by atoms with Crippen molar-refractivity contribution in [2.45, 2.75) is 45.1 Å². The first-order valence-corrected chi connectivity index (χ1v) is 10.7. The summed E-state index contributed by atoms with van der Waals surface area (Å²) >= 11 is 0. The van der Waals surface area contributed by atoms with Gasteiger partial charge in [-0.15, -0.1) is 0 Å². The molecule has 2 aromatic heterocycles. The lowest BCUT2D eigenvalue weighted by Gasteiger charge is -2.32. The number of benzene rings is 1. The molecular formula is C23H27N5O3. The lowest BCUT2D eigenvalue weighted by atomic mass is 10.0. The maximum atomic E-state index is 12.6. The topological polar surface area (TPSA) is 93.3 Å². The minimum Gasteiger partial charge on any atom is -0.438 e. The number of piperidine rings is 1. The molecule has 1 N–H and O–H groups in total. The van der Waals surface area contributed by atoms with Crippen molar-refractivity contribution in [3.05, 3.63) is 66.0 Å². The summed E-state index contributed by atoms with van der Waals surface area (Å²) < 4.78 is 7.11. The number of carbonyl (C=O) groups excluding carboxylic acids is 2. The normalized spacial score (nSPS) is 14.5. The van der Waals surface area contributed by atoms with Crippen LogP contribution in [0, 0.1) is 6.92 Å². The van der Waals surface area contributed by atoms with Crippen molar-refractivity contribution in [2.75, 3.05) is 18.4 Å². The third kappa shape index (κ3) is 5.02. The van der Waals surface area contributed by atoms with E-state index in [1.54, 1.807) is 18.0 Å². The van der Waals surface area contributed by atoms with Gasteiger partial charge in [-0.1, -0.05) is 30.3 Å². The van der Waals surface area contributed by atoms with E-state index < -0.39 is 0 Å². The van der Waals surface area contributed by atoms with E-state index in [-0.39, 0.29) is 17.9 Å². The van der Waals surface area contributed by atoms with Crippen LogP contribution in [0.15, 0.2) is 53.4 Å². The summed E-state index contributed by atoms with van der Waals surface area (Å²) in [5.74, 6) is 0.883. The van der Waals surface area contributed by atoms with Crippen LogP contribution in [0.4, 0.5) is 5.82 Å². The van der Waals surface area contributed by atoms with Gasteiger partial charge in [0.25, 0.3) is 5.91 Å². The van der Waals surface area contributed by atoms with Crippen LogP contribution in [0.25, 0.3) is 0 Å². The van der Waals surface area contributed by atoms with Crippen molar-refractivity contribution in [1.29, 1.82) is 0 Å². The molecule has 0 spiro atoms. The standard InChI is InChI=1S/C23H27N5O3/c1-17-22(31-16-24-17)23(30)27-14-11-19(12-15-27)28-20(10-13-25-28)26-21(29)9-5-8-18-6-3-2-4-7-18/h2-4,6-7,10,13,16,19H,5,8-9,11-12,14-15H2,1H3,(H,26,29). The number of nitrogens with one attached hydrogen (secondary N) is 1.